The van der Waals surface area contributed by atoms with Gasteiger partial charge >= 0.3 is 0 Å². The Morgan fingerprint density at radius 1 is 1.33 bits per heavy atom. The van der Waals surface area contributed by atoms with Crippen molar-refractivity contribution in [1.29, 1.82) is 0 Å². The predicted molar refractivity (Wildman–Crippen MR) is 51.1 cm³/mol. The van der Waals surface area contributed by atoms with Crippen molar-refractivity contribution >= 4 is 11.6 Å². The van der Waals surface area contributed by atoms with Gasteiger partial charge in [0.2, 0.25) is 0 Å². The summed E-state index contributed by atoms with van der Waals surface area (Å²) >= 11 is 6.18. The summed E-state index contributed by atoms with van der Waals surface area (Å²) in [7, 11) is 0. The second kappa shape index (κ2) is 2.75. The van der Waals surface area contributed by atoms with Gasteiger partial charge in [-0.25, -0.2) is 0 Å². The van der Waals surface area contributed by atoms with Crippen molar-refractivity contribution in [3.63, 3.8) is 0 Å². The van der Waals surface area contributed by atoms with Crippen LogP contribution in [0.15, 0.2) is 24.3 Å². The van der Waals surface area contributed by atoms with Gasteiger partial charge in [-0.2, -0.15) is 0 Å². The number of aryl methyl sites for hydroxylation is 1. The van der Waals surface area contributed by atoms with Crippen molar-refractivity contribution in [3.8, 4) is 0 Å². The first-order valence-corrected chi connectivity index (χ1v) is 4.64. The first-order chi connectivity index (χ1) is 5.70. The maximum atomic E-state index is 6.18. The minimum atomic E-state index is -0.616. The van der Waals surface area contributed by atoms with Gasteiger partial charge < -0.3 is 5.73 Å². The van der Waals surface area contributed by atoms with Crippen LogP contribution in [0.1, 0.15) is 24.0 Å². The number of benzene rings is 1. The summed E-state index contributed by atoms with van der Waals surface area (Å²) in [6, 6.07) is 8.17. The van der Waals surface area contributed by atoms with Gasteiger partial charge in [-0.3, -0.25) is 0 Å². The molecule has 0 radical (unpaired) electrons. The van der Waals surface area contributed by atoms with Crippen LogP contribution in [-0.4, -0.2) is 0 Å². The highest BCUT2D eigenvalue weighted by molar-refractivity contribution is 6.23. The van der Waals surface area contributed by atoms with Gasteiger partial charge in [0, 0.05) is 0 Å². The van der Waals surface area contributed by atoms with E-state index >= 15 is 0 Å². The number of hydrogen-bond donors (Lipinski definition) is 1. The molecule has 0 bridgehead atoms. The van der Waals surface area contributed by atoms with Crippen LogP contribution in [0.2, 0.25) is 0 Å². The van der Waals surface area contributed by atoms with Gasteiger partial charge in [-0.15, -0.1) is 0 Å². The molecule has 2 heteroatoms. The Labute approximate surface area is 77.5 Å². The predicted octanol–water partition coefficient (Wildman–Crippen LogP) is 2.37. The van der Waals surface area contributed by atoms with Crippen molar-refractivity contribution < 1.29 is 0 Å². The molecule has 2 rings (SSSR count). The van der Waals surface area contributed by atoms with E-state index in [-0.39, 0.29) is 0 Å². The Kier molecular flexibility index (Phi) is 1.85. The first-order valence-electron chi connectivity index (χ1n) is 4.26. The molecule has 1 aromatic carbocycles. The van der Waals surface area contributed by atoms with Crippen LogP contribution in [0, 0.1) is 0 Å². The Balaban J connectivity index is 2.52. The SMILES string of the molecule is NC1(Cl)CCCc2ccccc21. The zero-order valence-electron chi connectivity index (χ0n) is 6.89. The van der Waals surface area contributed by atoms with E-state index in [4.69, 9.17) is 17.3 Å². The van der Waals surface area contributed by atoms with Gasteiger partial charge in [-0.05, 0) is 30.4 Å². The Morgan fingerprint density at radius 2 is 2.08 bits per heavy atom. The van der Waals surface area contributed by atoms with Crippen molar-refractivity contribution in [2.45, 2.75) is 24.3 Å². The van der Waals surface area contributed by atoms with Crippen molar-refractivity contribution in [3.05, 3.63) is 35.4 Å². The monoisotopic (exact) mass is 181 g/mol. The van der Waals surface area contributed by atoms with Crippen LogP contribution >= 0.6 is 11.6 Å². The molecular weight excluding hydrogens is 170 g/mol. The fraction of sp³-hybridized carbons (Fsp3) is 0.400. The highest BCUT2D eigenvalue weighted by Gasteiger charge is 2.29. The molecule has 0 saturated heterocycles. The van der Waals surface area contributed by atoms with E-state index in [2.05, 4.69) is 6.07 Å². The largest absolute Gasteiger partial charge is 0.309 e. The minimum Gasteiger partial charge on any atom is -0.309 e. The second-order valence-electron chi connectivity index (χ2n) is 3.37. The van der Waals surface area contributed by atoms with Crippen molar-refractivity contribution in [1.82, 2.24) is 0 Å². The van der Waals surface area contributed by atoms with E-state index in [0.29, 0.717) is 0 Å². The minimum absolute atomic E-state index is 0.616. The first kappa shape index (κ1) is 8.09. The highest BCUT2D eigenvalue weighted by atomic mass is 35.5. The summed E-state index contributed by atoms with van der Waals surface area (Å²) in [4.78, 5) is -0.616. The van der Waals surface area contributed by atoms with Crippen LogP contribution in [-0.2, 0) is 11.4 Å². The fourth-order valence-electron chi connectivity index (χ4n) is 1.81. The van der Waals surface area contributed by atoms with E-state index in [1.165, 1.54) is 5.56 Å². The molecule has 64 valence electrons. The average molecular weight is 182 g/mol. The lowest BCUT2D eigenvalue weighted by Crippen LogP contribution is -2.33. The molecule has 1 unspecified atom stereocenters. The van der Waals surface area contributed by atoms with Crippen molar-refractivity contribution in [2.24, 2.45) is 5.73 Å². The molecule has 0 saturated carbocycles. The number of alkyl halides is 1. The average Bonchev–Trinajstić information content (AvgIpc) is 2.04. The van der Waals surface area contributed by atoms with E-state index in [9.17, 15) is 0 Å². The third kappa shape index (κ3) is 1.23. The van der Waals surface area contributed by atoms with Gasteiger partial charge in [0.1, 0.15) is 5.00 Å². The summed E-state index contributed by atoms with van der Waals surface area (Å²) in [6.07, 6.45) is 3.09. The van der Waals surface area contributed by atoms with Gasteiger partial charge in [0.05, 0.1) is 0 Å². The Morgan fingerprint density at radius 3 is 2.83 bits per heavy atom. The summed E-state index contributed by atoms with van der Waals surface area (Å²) in [5.74, 6) is 0. The normalized spacial score (nSPS) is 28.2. The lowest BCUT2D eigenvalue weighted by Gasteiger charge is -2.29. The molecule has 0 aromatic heterocycles. The molecule has 1 nitrogen and oxygen atoms in total. The van der Waals surface area contributed by atoms with Crippen LogP contribution in [0.25, 0.3) is 0 Å². The molecule has 12 heavy (non-hydrogen) atoms. The number of rotatable bonds is 0. The van der Waals surface area contributed by atoms with E-state index in [0.717, 1.165) is 24.8 Å². The summed E-state index contributed by atoms with van der Waals surface area (Å²) < 4.78 is 0. The molecular formula is C10H12ClN. The summed E-state index contributed by atoms with van der Waals surface area (Å²) in [5.41, 5.74) is 8.37. The molecule has 1 aromatic rings. The number of fused-ring (bicyclic) bond motifs is 1. The van der Waals surface area contributed by atoms with E-state index in [1.807, 2.05) is 18.2 Å². The third-order valence-electron chi connectivity index (χ3n) is 2.45. The third-order valence-corrected chi connectivity index (χ3v) is 2.84. The lowest BCUT2D eigenvalue weighted by molar-refractivity contribution is 0.513. The summed E-state index contributed by atoms with van der Waals surface area (Å²) in [6.45, 7) is 0. The Bertz CT molecular complexity index is 294. The molecule has 1 aliphatic carbocycles. The number of nitrogens with two attached hydrogens (primary N) is 1. The summed E-state index contributed by atoms with van der Waals surface area (Å²) in [5, 5.41) is 0. The van der Waals surface area contributed by atoms with E-state index < -0.39 is 5.00 Å². The molecule has 1 aliphatic rings. The maximum absolute atomic E-state index is 6.18. The van der Waals surface area contributed by atoms with Gasteiger partial charge in [-0.1, -0.05) is 35.9 Å². The Hall–Kier alpha value is -0.530. The molecule has 0 heterocycles. The van der Waals surface area contributed by atoms with Gasteiger partial charge in [0.15, 0.2) is 0 Å². The smallest absolute Gasteiger partial charge is 0.117 e. The molecule has 1 atom stereocenters. The van der Waals surface area contributed by atoms with Crippen LogP contribution in [0.4, 0.5) is 0 Å². The fourth-order valence-corrected chi connectivity index (χ4v) is 2.13. The molecule has 2 N–H and O–H groups in total. The van der Waals surface area contributed by atoms with E-state index in [1.54, 1.807) is 0 Å². The lowest BCUT2D eigenvalue weighted by atomic mass is 9.88. The van der Waals surface area contributed by atoms with Gasteiger partial charge in [0.25, 0.3) is 0 Å². The molecule has 0 spiro atoms. The van der Waals surface area contributed by atoms with Crippen LogP contribution in [0.5, 0.6) is 0 Å². The highest BCUT2D eigenvalue weighted by Crippen LogP contribution is 2.35. The van der Waals surface area contributed by atoms with Crippen molar-refractivity contribution in [2.75, 3.05) is 0 Å². The number of hydrogen-bond acceptors (Lipinski definition) is 1. The van der Waals surface area contributed by atoms with Crippen LogP contribution < -0.4 is 5.73 Å². The maximum Gasteiger partial charge on any atom is 0.117 e. The molecule has 0 aliphatic heterocycles. The quantitative estimate of drug-likeness (QED) is 0.483. The molecule has 0 amide bonds. The number of halogens is 1. The standard InChI is InChI=1S/C10H12ClN/c11-10(12)7-3-5-8-4-1-2-6-9(8)10/h1-2,4,6H,3,5,7,12H2. The topological polar surface area (TPSA) is 26.0 Å². The zero-order valence-corrected chi connectivity index (χ0v) is 7.64. The second-order valence-corrected chi connectivity index (χ2v) is 4.05. The zero-order chi connectivity index (χ0) is 8.60. The molecule has 0 fully saturated rings. The van der Waals surface area contributed by atoms with Crippen LogP contribution in [0.3, 0.4) is 0 Å².